The van der Waals surface area contributed by atoms with Crippen LogP contribution in [0.5, 0.6) is 0 Å². The molecule has 0 radical (unpaired) electrons. The molecule has 5 rings (SSSR count). The van der Waals surface area contributed by atoms with E-state index >= 15 is 0 Å². The van der Waals surface area contributed by atoms with Crippen LogP contribution in [0.15, 0.2) is 60.1 Å². The van der Waals surface area contributed by atoms with Crippen LogP contribution in [-0.4, -0.2) is 20.0 Å². The molecule has 0 saturated heterocycles. The van der Waals surface area contributed by atoms with Crippen LogP contribution in [0.4, 0.5) is 4.39 Å². The molecular formula is C22H16ClFN4S. The number of benzene rings is 1. The third-order valence-corrected chi connectivity index (χ3v) is 6.29. The van der Waals surface area contributed by atoms with Gasteiger partial charge in [-0.3, -0.25) is 4.98 Å². The minimum Gasteiger partial charge on any atom is -0.251 e. The summed E-state index contributed by atoms with van der Waals surface area (Å²) in [6.45, 7) is 0.528. The monoisotopic (exact) mass is 422 g/mol. The summed E-state index contributed by atoms with van der Waals surface area (Å²) in [6, 6.07) is 14.5. The maximum absolute atomic E-state index is 13.1. The first-order chi connectivity index (χ1) is 14.2. The topological polar surface area (TPSA) is 43.6 Å². The average Bonchev–Trinajstić information content (AvgIpc) is 3.42. The van der Waals surface area contributed by atoms with Gasteiger partial charge in [-0.1, -0.05) is 35.0 Å². The largest absolute Gasteiger partial charge is 0.251 e. The quantitative estimate of drug-likeness (QED) is 0.427. The standard InChI is InChI=1S/C22H16ClFN4S/c23-22-16-8-10-19(21-2-1-11-29-21)25-18(16)9-7-17(22)20-13-28(27-26-20)12-14-3-5-15(24)6-4-14/h1-6,8,10-11,13H,7,9,12H2. The highest BCUT2D eigenvalue weighted by Crippen LogP contribution is 2.39. The number of halogens is 2. The van der Waals surface area contributed by atoms with Crippen LogP contribution >= 0.6 is 22.9 Å². The fourth-order valence-corrected chi connectivity index (χ4v) is 4.56. The van der Waals surface area contributed by atoms with Crippen molar-refractivity contribution in [1.82, 2.24) is 20.0 Å². The number of allylic oxidation sites excluding steroid dienone is 1. The molecule has 0 fully saturated rings. The van der Waals surface area contributed by atoms with Crippen molar-refractivity contribution in [2.45, 2.75) is 19.4 Å². The first kappa shape index (κ1) is 18.2. The molecule has 144 valence electrons. The Morgan fingerprint density at radius 1 is 1.03 bits per heavy atom. The van der Waals surface area contributed by atoms with Gasteiger partial charge >= 0.3 is 0 Å². The predicted molar refractivity (Wildman–Crippen MR) is 114 cm³/mol. The van der Waals surface area contributed by atoms with Gasteiger partial charge in [-0.2, -0.15) is 0 Å². The third kappa shape index (κ3) is 3.61. The fraction of sp³-hybridized carbons (Fsp3) is 0.136. The molecule has 4 aromatic rings. The molecule has 0 saturated carbocycles. The summed E-state index contributed by atoms with van der Waals surface area (Å²) in [4.78, 5) is 5.98. The number of nitrogens with zero attached hydrogens (tertiary/aromatic N) is 4. The molecule has 1 aliphatic rings. The highest BCUT2D eigenvalue weighted by Gasteiger charge is 2.22. The van der Waals surface area contributed by atoms with Gasteiger partial charge in [0.25, 0.3) is 0 Å². The zero-order valence-electron chi connectivity index (χ0n) is 15.3. The SMILES string of the molecule is Fc1ccc(Cn2cc(C3=C(Cl)c4ccc(-c5cccs5)nc4CC3)nn2)cc1. The summed E-state index contributed by atoms with van der Waals surface area (Å²) in [5, 5.41) is 11.3. The molecule has 4 nitrogen and oxygen atoms in total. The van der Waals surface area contributed by atoms with Crippen molar-refractivity contribution in [2.24, 2.45) is 0 Å². The van der Waals surface area contributed by atoms with Crippen LogP contribution in [0.25, 0.3) is 21.2 Å². The Balaban J connectivity index is 1.42. The lowest BCUT2D eigenvalue weighted by atomic mass is 9.94. The van der Waals surface area contributed by atoms with Crippen molar-refractivity contribution in [2.75, 3.05) is 0 Å². The van der Waals surface area contributed by atoms with Crippen LogP contribution < -0.4 is 0 Å². The number of thiophene rings is 1. The molecule has 0 atom stereocenters. The lowest BCUT2D eigenvalue weighted by Gasteiger charge is -2.18. The van der Waals surface area contributed by atoms with E-state index in [0.29, 0.717) is 11.6 Å². The van der Waals surface area contributed by atoms with E-state index in [0.717, 1.165) is 51.5 Å². The third-order valence-electron chi connectivity index (χ3n) is 4.97. The van der Waals surface area contributed by atoms with Crippen LogP contribution in [0.3, 0.4) is 0 Å². The minimum atomic E-state index is -0.248. The van der Waals surface area contributed by atoms with Crippen molar-refractivity contribution in [3.8, 4) is 10.6 Å². The predicted octanol–water partition coefficient (Wildman–Crippen LogP) is 5.64. The molecule has 0 spiro atoms. The normalized spacial score (nSPS) is 13.6. The lowest BCUT2D eigenvalue weighted by molar-refractivity contribution is 0.621. The molecule has 0 unspecified atom stereocenters. The molecule has 1 aliphatic carbocycles. The van der Waals surface area contributed by atoms with Crippen molar-refractivity contribution < 1.29 is 4.39 Å². The highest BCUT2D eigenvalue weighted by atomic mass is 35.5. The Kier molecular flexibility index (Phi) is 4.73. The smallest absolute Gasteiger partial charge is 0.123 e. The maximum Gasteiger partial charge on any atom is 0.123 e. The molecule has 1 aromatic carbocycles. The summed E-state index contributed by atoms with van der Waals surface area (Å²) in [5.74, 6) is -0.248. The lowest BCUT2D eigenvalue weighted by Crippen LogP contribution is -2.05. The van der Waals surface area contributed by atoms with E-state index in [1.165, 1.54) is 12.1 Å². The Hall–Kier alpha value is -2.83. The first-order valence-corrected chi connectivity index (χ1v) is 10.5. The highest BCUT2D eigenvalue weighted by molar-refractivity contribution is 7.13. The second-order valence-corrected chi connectivity index (χ2v) is 8.21. The van der Waals surface area contributed by atoms with E-state index in [9.17, 15) is 4.39 Å². The van der Waals surface area contributed by atoms with Gasteiger partial charge in [0.2, 0.25) is 0 Å². The molecule has 3 aromatic heterocycles. The van der Waals surface area contributed by atoms with E-state index in [1.54, 1.807) is 28.2 Å². The Bertz CT molecular complexity index is 1200. The Morgan fingerprint density at radius 3 is 2.69 bits per heavy atom. The van der Waals surface area contributed by atoms with Crippen molar-refractivity contribution in [1.29, 1.82) is 0 Å². The second-order valence-electron chi connectivity index (χ2n) is 6.89. The molecule has 3 heterocycles. The number of hydrogen-bond acceptors (Lipinski definition) is 4. The second kappa shape index (κ2) is 7.54. The average molecular weight is 423 g/mol. The van der Waals surface area contributed by atoms with Gasteiger partial charge in [0.15, 0.2) is 0 Å². The summed E-state index contributed by atoms with van der Waals surface area (Å²) in [7, 11) is 0. The molecule has 0 bridgehead atoms. The van der Waals surface area contributed by atoms with Gasteiger partial charge in [-0.25, -0.2) is 9.07 Å². The Morgan fingerprint density at radius 2 is 1.90 bits per heavy atom. The molecule has 0 aliphatic heterocycles. The number of fused-ring (bicyclic) bond motifs is 1. The van der Waals surface area contributed by atoms with Crippen LogP contribution in [0.2, 0.25) is 0 Å². The molecule has 7 heteroatoms. The summed E-state index contributed by atoms with van der Waals surface area (Å²) in [6.07, 6.45) is 3.46. The molecule has 29 heavy (non-hydrogen) atoms. The summed E-state index contributed by atoms with van der Waals surface area (Å²) < 4.78 is 14.8. The van der Waals surface area contributed by atoms with Crippen LogP contribution in [-0.2, 0) is 13.0 Å². The molecule has 0 N–H and O–H groups in total. The van der Waals surface area contributed by atoms with Gasteiger partial charge in [0.1, 0.15) is 11.5 Å². The van der Waals surface area contributed by atoms with Gasteiger partial charge in [0.05, 0.1) is 34.0 Å². The maximum atomic E-state index is 13.1. The van der Waals surface area contributed by atoms with E-state index in [-0.39, 0.29) is 5.82 Å². The van der Waals surface area contributed by atoms with Crippen LogP contribution in [0.1, 0.15) is 28.9 Å². The van der Waals surface area contributed by atoms with E-state index in [2.05, 4.69) is 21.8 Å². The van der Waals surface area contributed by atoms with Gasteiger partial charge in [0, 0.05) is 11.1 Å². The summed E-state index contributed by atoms with van der Waals surface area (Å²) >= 11 is 8.42. The van der Waals surface area contributed by atoms with Gasteiger partial charge < -0.3 is 0 Å². The Labute approximate surface area is 176 Å². The zero-order valence-corrected chi connectivity index (χ0v) is 16.9. The number of rotatable bonds is 4. The number of pyridine rings is 1. The molecular weight excluding hydrogens is 407 g/mol. The first-order valence-electron chi connectivity index (χ1n) is 9.25. The fourth-order valence-electron chi connectivity index (χ4n) is 3.50. The van der Waals surface area contributed by atoms with Gasteiger partial charge in [-0.15, -0.1) is 16.4 Å². The number of hydrogen-bond donors (Lipinski definition) is 0. The number of aromatic nitrogens is 4. The zero-order chi connectivity index (χ0) is 19.8. The van der Waals surface area contributed by atoms with E-state index in [4.69, 9.17) is 16.6 Å². The minimum absolute atomic E-state index is 0.248. The van der Waals surface area contributed by atoms with Crippen LogP contribution in [0, 0.1) is 5.82 Å². The van der Waals surface area contributed by atoms with Crippen molar-refractivity contribution in [3.63, 3.8) is 0 Å². The van der Waals surface area contributed by atoms with Crippen molar-refractivity contribution >= 4 is 33.5 Å². The van der Waals surface area contributed by atoms with E-state index < -0.39 is 0 Å². The summed E-state index contributed by atoms with van der Waals surface area (Å²) in [5.41, 5.74) is 5.67. The molecule has 0 amide bonds. The number of aryl methyl sites for hydroxylation is 1. The van der Waals surface area contributed by atoms with Crippen molar-refractivity contribution in [3.05, 3.63) is 88.4 Å². The van der Waals surface area contributed by atoms with Gasteiger partial charge in [-0.05, 0) is 54.1 Å². The van der Waals surface area contributed by atoms with E-state index in [1.807, 2.05) is 24.4 Å².